The number of pyridine rings is 1. The number of benzene rings is 1. The van der Waals surface area contributed by atoms with Crippen molar-refractivity contribution in [2.75, 3.05) is 6.54 Å². The Balaban J connectivity index is 1.54. The molecule has 154 valence electrons. The fourth-order valence-electron chi connectivity index (χ4n) is 3.62. The summed E-state index contributed by atoms with van der Waals surface area (Å²) in [6.07, 6.45) is 1.57. The lowest BCUT2D eigenvalue weighted by Crippen LogP contribution is -2.46. The molecule has 3 aromatic rings. The maximum Gasteiger partial charge on any atom is 0.276 e. The van der Waals surface area contributed by atoms with Gasteiger partial charge in [0.05, 0.1) is 36.0 Å². The predicted molar refractivity (Wildman–Crippen MR) is 106 cm³/mol. The standard InChI is InChI=1S/C21H20FN5O3/c1-13-20-16(25-27(21(20)30)17-8-3-2-7-15(17)22)10-19(29)26(13)12-18(28)24-11-14-6-4-5-9-23-14/h2-9,13,25H,10-12H2,1H3,(H,24,28). The van der Waals surface area contributed by atoms with Crippen LogP contribution in [0.3, 0.4) is 0 Å². The number of halogens is 1. The third kappa shape index (κ3) is 3.61. The van der Waals surface area contributed by atoms with E-state index in [1.807, 2.05) is 6.07 Å². The van der Waals surface area contributed by atoms with Gasteiger partial charge in [0.1, 0.15) is 18.0 Å². The van der Waals surface area contributed by atoms with E-state index < -0.39 is 17.4 Å². The zero-order valence-electron chi connectivity index (χ0n) is 16.3. The van der Waals surface area contributed by atoms with Crippen LogP contribution in [0.5, 0.6) is 0 Å². The number of carbonyl (C=O) groups is 2. The molecule has 1 unspecified atom stereocenters. The summed E-state index contributed by atoms with van der Waals surface area (Å²) >= 11 is 0. The lowest BCUT2D eigenvalue weighted by atomic mass is 10.00. The minimum atomic E-state index is -0.626. The number of hydrogen-bond donors (Lipinski definition) is 2. The highest BCUT2D eigenvalue weighted by Crippen LogP contribution is 2.27. The van der Waals surface area contributed by atoms with Crippen LogP contribution in [0.25, 0.3) is 5.69 Å². The molecule has 2 N–H and O–H groups in total. The molecule has 4 rings (SSSR count). The molecule has 0 fully saturated rings. The van der Waals surface area contributed by atoms with E-state index in [0.717, 1.165) is 4.68 Å². The molecule has 2 aromatic heterocycles. The third-order valence-electron chi connectivity index (χ3n) is 5.14. The van der Waals surface area contributed by atoms with Gasteiger partial charge < -0.3 is 10.2 Å². The van der Waals surface area contributed by atoms with Crippen LogP contribution < -0.4 is 10.9 Å². The largest absolute Gasteiger partial charge is 0.349 e. The van der Waals surface area contributed by atoms with E-state index in [9.17, 15) is 18.8 Å². The van der Waals surface area contributed by atoms with Crippen molar-refractivity contribution in [3.05, 3.63) is 81.8 Å². The first-order valence-corrected chi connectivity index (χ1v) is 9.50. The van der Waals surface area contributed by atoms with Crippen LogP contribution in [0, 0.1) is 5.82 Å². The summed E-state index contributed by atoms with van der Waals surface area (Å²) in [5.74, 6) is -1.19. The minimum absolute atomic E-state index is 0.0656. The number of para-hydroxylation sites is 1. The number of fused-ring (bicyclic) bond motifs is 1. The van der Waals surface area contributed by atoms with Crippen molar-refractivity contribution in [1.29, 1.82) is 0 Å². The van der Waals surface area contributed by atoms with Gasteiger partial charge in [0.25, 0.3) is 5.56 Å². The van der Waals surface area contributed by atoms with Crippen LogP contribution in [0.1, 0.15) is 29.9 Å². The van der Waals surface area contributed by atoms with Crippen LogP contribution in [-0.2, 0) is 22.6 Å². The van der Waals surface area contributed by atoms with Crippen molar-refractivity contribution in [2.45, 2.75) is 25.9 Å². The first-order valence-electron chi connectivity index (χ1n) is 9.50. The van der Waals surface area contributed by atoms with Crippen LogP contribution >= 0.6 is 0 Å². The molecule has 9 heteroatoms. The van der Waals surface area contributed by atoms with E-state index in [1.165, 1.54) is 23.1 Å². The highest BCUT2D eigenvalue weighted by atomic mass is 19.1. The summed E-state index contributed by atoms with van der Waals surface area (Å²) in [7, 11) is 0. The molecule has 1 aromatic carbocycles. The molecule has 1 aliphatic heterocycles. The molecule has 0 saturated carbocycles. The van der Waals surface area contributed by atoms with E-state index in [4.69, 9.17) is 0 Å². The van der Waals surface area contributed by atoms with Crippen LogP contribution in [0.2, 0.25) is 0 Å². The fraction of sp³-hybridized carbons (Fsp3) is 0.238. The van der Waals surface area contributed by atoms with Gasteiger partial charge in [0.15, 0.2) is 0 Å². The summed E-state index contributed by atoms with van der Waals surface area (Å²) in [4.78, 5) is 43.4. The Bertz CT molecular complexity index is 1150. The quantitative estimate of drug-likeness (QED) is 0.666. The lowest BCUT2D eigenvalue weighted by Gasteiger charge is -2.32. The third-order valence-corrected chi connectivity index (χ3v) is 5.14. The molecule has 0 spiro atoms. The van der Waals surface area contributed by atoms with Crippen molar-refractivity contribution in [1.82, 2.24) is 25.0 Å². The lowest BCUT2D eigenvalue weighted by molar-refractivity contribution is -0.138. The molecule has 3 heterocycles. The average molecular weight is 409 g/mol. The van der Waals surface area contributed by atoms with Crippen molar-refractivity contribution in [3.63, 3.8) is 0 Å². The van der Waals surface area contributed by atoms with Gasteiger partial charge in [-0.15, -0.1) is 0 Å². The highest BCUT2D eigenvalue weighted by Gasteiger charge is 2.35. The van der Waals surface area contributed by atoms with Crippen molar-refractivity contribution < 1.29 is 14.0 Å². The smallest absolute Gasteiger partial charge is 0.276 e. The second-order valence-corrected chi connectivity index (χ2v) is 7.07. The second-order valence-electron chi connectivity index (χ2n) is 7.07. The van der Waals surface area contributed by atoms with E-state index in [-0.39, 0.29) is 37.0 Å². The van der Waals surface area contributed by atoms with Crippen molar-refractivity contribution in [2.24, 2.45) is 0 Å². The molecular formula is C21H20FN5O3. The van der Waals surface area contributed by atoms with Gasteiger partial charge in [-0.25, -0.2) is 9.07 Å². The van der Waals surface area contributed by atoms with E-state index in [2.05, 4.69) is 15.4 Å². The molecule has 0 saturated heterocycles. The van der Waals surface area contributed by atoms with Gasteiger partial charge >= 0.3 is 0 Å². The number of aromatic amines is 1. The summed E-state index contributed by atoms with van der Waals surface area (Å²) in [6, 6.07) is 10.6. The van der Waals surface area contributed by atoms with Crippen molar-refractivity contribution >= 4 is 11.8 Å². The number of aromatic nitrogens is 3. The number of H-pyrrole nitrogens is 1. The molecule has 0 aliphatic carbocycles. The summed E-state index contributed by atoms with van der Waals surface area (Å²) in [5, 5.41) is 5.58. The van der Waals surface area contributed by atoms with Crippen LogP contribution in [-0.4, -0.2) is 38.0 Å². The number of carbonyl (C=O) groups excluding carboxylic acids is 2. The van der Waals surface area contributed by atoms with Gasteiger partial charge in [-0.3, -0.25) is 24.5 Å². The summed E-state index contributed by atoms with van der Waals surface area (Å²) in [5.41, 5.74) is 1.14. The number of nitrogens with one attached hydrogen (secondary N) is 2. The van der Waals surface area contributed by atoms with Gasteiger partial charge in [-0.1, -0.05) is 18.2 Å². The molecule has 2 amide bonds. The maximum atomic E-state index is 14.2. The first kappa shape index (κ1) is 19.6. The van der Waals surface area contributed by atoms with E-state index in [0.29, 0.717) is 17.0 Å². The SMILES string of the molecule is CC1c2c([nH]n(-c3ccccc3F)c2=O)CC(=O)N1CC(=O)NCc1ccccn1. The monoisotopic (exact) mass is 409 g/mol. The average Bonchev–Trinajstić information content (AvgIpc) is 3.06. The second kappa shape index (κ2) is 7.94. The fourth-order valence-corrected chi connectivity index (χ4v) is 3.62. The van der Waals surface area contributed by atoms with Crippen molar-refractivity contribution in [3.8, 4) is 5.69 Å². The Morgan fingerprint density at radius 3 is 2.73 bits per heavy atom. The first-order chi connectivity index (χ1) is 14.5. The molecule has 30 heavy (non-hydrogen) atoms. The zero-order valence-corrected chi connectivity index (χ0v) is 16.3. The Labute approximate surface area is 171 Å². The highest BCUT2D eigenvalue weighted by molar-refractivity contribution is 5.87. The Morgan fingerprint density at radius 1 is 1.23 bits per heavy atom. The molecule has 1 atom stereocenters. The molecule has 0 radical (unpaired) electrons. The maximum absolute atomic E-state index is 14.2. The zero-order chi connectivity index (χ0) is 21.3. The Kier molecular flexibility index (Phi) is 5.18. The van der Waals surface area contributed by atoms with Crippen LogP contribution in [0.4, 0.5) is 4.39 Å². The summed E-state index contributed by atoms with van der Waals surface area (Å²) in [6.45, 7) is 1.74. The molecular weight excluding hydrogens is 389 g/mol. The van der Waals surface area contributed by atoms with Crippen LogP contribution in [0.15, 0.2) is 53.5 Å². The molecule has 8 nitrogen and oxygen atoms in total. The number of nitrogens with zero attached hydrogens (tertiary/aromatic N) is 3. The van der Waals surface area contributed by atoms with Gasteiger partial charge in [-0.05, 0) is 31.2 Å². The van der Waals surface area contributed by atoms with Gasteiger partial charge in [0, 0.05) is 6.20 Å². The number of hydrogen-bond acceptors (Lipinski definition) is 4. The van der Waals surface area contributed by atoms with Gasteiger partial charge in [-0.2, -0.15) is 0 Å². The van der Waals surface area contributed by atoms with E-state index in [1.54, 1.807) is 31.3 Å². The number of rotatable bonds is 5. The Morgan fingerprint density at radius 2 is 2.00 bits per heavy atom. The normalized spacial score (nSPS) is 15.7. The van der Waals surface area contributed by atoms with E-state index >= 15 is 0 Å². The van der Waals surface area contributed by atoms with Gasteiger partial charge in [0.2, 0.25) is 11.8 Å². The number of amides is 2. The predicted octanol–water partition coefficient (Wildman–Crippen LogP) is 1.46. The topological polar surface area (TPSA) is 100 Å². The summed E-state index contributed by atoms with van der Waals surface area (Å²) < 4.78 is 15.3. The minimum Gasteiger partial charge on any atom is -0.349 e. The molecule has 0 bridgehead atoms. The Hall–Kier alpha value is -3.75. The molecule has 1 aliphatic rings.